The van der Waals surface area contributed by atoms with Crippen molar-refractivity contribution < 1.29 is 4.79 Å². The van der Waals surface area contributed by atoms with Gasteiger partial charge in [0.1, 0.15) is 5.69 Å². The predicted molar refractivity (Wildman–Crippen MR) is 54.3 cm³/mol. The first-order valence-electron chi connectivity index (χ1n) is 4.94. The smallest absolute Gasteiger partial charge is 0.172 e. The van der Waals surface area contributed by atoms with Gasteiger partial charge in [-0.3, -0.25) is 4.79 Å². The fourth-order valence-electron chi connectivity index (χ4n) is 1.49. The highest BCUT2D eigenvalue weighted by Crippen LogP contribution is 2.17. The number of rotatable bonds is 4. The molecule has 4 nitrogen and oxygen atoms in total. The van der Waals surface area contributed by atoms with E-state index >= 15 is 0 Å². The van der Waals surface area contributed by atoms with Gasteiger partial charge in [-0.2, -0.15) is 0 Å². The highest BCUT2D eigenvalue weighted by atomic mass is 16.1. The Kier molecular flexibility index (Phi) is 3.38. The van der Waals surface area contributed by atoms with E-state index < -0.39 is 0 Å². The second-order valence-corrected chi connectivity index (χ2v) is 4.21. The average Bonchev–Trinajstić information content (AvgIpc) is 2.46. The molecule has 0 fully saturated rings. The van der Waals surface area contributed by atoms with E-state index in [-0.39, 0.29) is 5.92 Å². The van der Waals surface area contributed by atoms with E-state index in [9.17, 15) is 4.79 Å². The molecule has 4 heteroatoms. The van der Waals surface area contributed by atoms with Gasteiger partial charge in [0.15, 0.2) is 6.29 Å². The summed E-state index contributed by atoms with van der Waals surface area (Å²) in [7, 11) is 0. The van der Waals surface area contributed by atoms with Gasteiger partial charge in [-0.1, -0.05) is 32.9 Å². The van der Waals surface area contributed by atoms with Gasteiger partial charge in [-0.05, 0) is 11.8 Å². The molecule has 0 saturated heterocycles. The maximum atomic E-state index is 10.7. The van der Waals surface area contributed by atoms with Crippen molar-refractivity contribution in [1.29, 1.82) is 0 Å². The fraction of sp³-hybridized carbons (Fsp3) is 0.700. The summed E-state index contributed by atoms with van der Waals surface area (Å²) in [6.45, 7) is 9.14. The standard InChI is InChI=1S/C10H17N3O/c1-7(2)5-13-10(8(3)4)9(6-14)11-12-13/h6-8H,5H2,1-4H3. The lowest BCUT2D eigenvalue weighted by atomic mass is 10.1. The summed E-state index contributed by atoms with van der Waals surface area (Å²) in [4.78, 5) is 10.7. The molecule has 0 unspecified atom stereocenters. The Morgan fingerprint density at radius 2 is 2.00 bits per heavy atom. The number of aromatic nitrogens is 3. The van der Waals surface area contributed by atoms with Crippen molar-refractivity contribution in [3.63, 3.8) is 0 Å². The zero-order chi connectivity index (χ0) is 10.7. The van der Waals surface area contributed by atoms with Crippen LogP contribution in [0.25, 0.3) is 0 Å². The monoisotopic (exact) mass is 195 g/mol. The van der Waals surface area contributed by atoms with E-state index in [1.807, 2.05) is 18.5 Å². The van der Waals surface area contributed by atoms with E-state index in [0.717, 1.165) is 18.5 Å². The third kappa shape index (κ3) is 2.19. The van der Waals surface area contributed by atoms with Crippen molar-refractivity contribution >= 4 is 6.29 Å². The molecule has 0 atom stereocenters. The van der Waals surface area contributed by atoms with Gasteiger partial charge in [-0.25, -0.2) is 4.68 Å². The topological polar surface area (TPSA) is 47.8 Å². The van der Waals surface area contributed by atoms with Gasteiger partial charge in [0.05, 0.1) is 5.69 Å². The SMILES string of the molecule is CC(C)Cn1nnc(C=O)c1C(C)C. The Hall–Kier alpha value is -1.19. The van der Waals surface area contributed by atoms with Crippen LogP contribution in [0.2, 0.25) is 0 Å². The Labute approximate surface area is 84.3 Å². The van der Waals surface area contributed by atoms with Crippen LogP contribution in [0.5, 0.6) is 0 Å². The van der Waals surface area contributed by atoms with Crippen LogP contribution < -0.4 is 0 Å². The third-order valence-electron chi connectivity index (χ3n) is 2.00. The van der Waals surface area contributed by atoms with Crippen LogP contribution in [0.4, 0.5) is 0 Å². The molecule has 14 heavy (non-hydrogen) atoms. The molecule has 1 rings (SSSR count). The maximum Gasteiger partial charge on any atom is 0.172 e. The van der Waals surface area contributed by atoms with Gasteiger partial charge in [0, 0.05) is 6.54 Å². The van der Waals surface area contributed by atoms with Crippen LogP contribution in [0.1, 0.15) is 49.8 Å². The van der Waals surface area contributed by atoms with Crippen molar-refractivity contribution in [3.8, 4) is 0 Å². The minimum atomic E-state index is 0.281. The number of carbonyl (C=O) groups is 1. The molecule has 0 aromatic carbocycles. The highest BCUT2D eigenvalue weighted by Gasteiger charge is 2.15. The molecular formula is C10H17N3O. The first-order valence-corrected chi connectivity index (χ1v) is 4.94. The molecule has 1 aromatic rings. The summed E-state index contributed by atoms with van der Waals surface area (Å²) in [5.41, 5.74) is 1.41. The normalized spacial score (nSPS) is 11.3. The lowest BCUT2D eigenvalue weighted by molar-refractivity contribution is 0.111. The van der Waals surface area contributed by atoms with E-state index in [1.165, 1.54) is 0 Å². The van der Waals surface area contributed by atoms with Gasteiger partial charge in [-0.15, -0.1) is 5.10 Å². The van der Waals surface area contributed by atoms with Crippen molar-refractivity contribution in [2.75, 3.05) is 0 Å². The summed E-state index contributed by atoms with van der Waals surface area (Å²) in [5.74, 6) is 0.789. The molecular weight excluding hydrogens is 178 g/mol. The van der Waals surface area contributed by atoms with Crippen LogP contribution in [0.3, 0.4) is 0 Å². The minimum absolute atomic E-state index is 0.281. The molecule has 0 aliphatic rings. The first-order chi connectivity index (χ1) is 6.56. The molecule has 78 valence electrons. The molecule has 0 aliphatic heterocycles. The lowest BCUT2D eigenvalue weighted by Crippen LogP contribution is -2.11. The zero-order valence-corrected chi connectivity index (χ0v) is 9.19. The number of carbonyl (C=O) groups excluding carboxylic acids is 1. The number of hydrogen-bond acceptors (Lipinski definition) is 3. The Morgan fingerprint density at radius 1 is 1.36 bits per heavy atom. The lowest BCUT2D eigenvalue weighted by Gasteiger charge is -2.11. The van der Waals surface area contributed by atoms with Crippen LogP contribution >= 0.6 is 0 Å². The van der Waals surface area contributed by atoms with Gasteiger partial charge in [0.2, 0.25) is 0 Å². The molecule has 0 N–H and O–H groups in total. The summed E-state index contributed by atoms with van der Waals surface area (Å²) < 4.78 is 1.83. The maximum absolute atomic E-state index is 10.7. The van der Waals surface area contributed by atoms with Gasteiger partial charge < -0.3 is 0 Å². The summed E-state index contributed by atoms with van der Waals surface area (Å²) in [5, 5.41) is 7.84. The van der Waals surface area contributed by atoms with Crippen LogP contribution in [0.15, 0.2) is 0 Å². The molecule has 0 bridgehead atoms. The number of hydrogen-bond donors (Lipinski definition) is 0. The van der Waals surface area contributed by atoms with E-state index in [1.54, 1.807) is 0 Å². The number of nitrogens with zero attached hydrogens (tertiary/aromatic N) is 3. The van der Waals surface area contributed by atoms with E-state index in [4.69, 9.17) is 0 Å². The Balaban J connectivity index is 3.04. The van der Waals surface area contributed by atoms with E-state index in [2.05, 4.69) is 24.2 Å². The molecule has 0 spiro atoms. The molecule has 0 amide bonds. The van der Waals surface area contributed by atoms with Gasteiger partial charge >= 0.3 is 0 Å². The molecule has 0 saturated carbocycles. The molecule has 1 aromatic heterocycles. The van der Waals surface area contributed by atoms with Crippen LogP contribution in [-0.4, -0.2) is 21.3 Å². The Bertz CT molecular complexity index is 315. The summed E-state index contributed by atoms with van der Waals surface area (Å²) in [6.07, 6.45) is 0.777. The largest absolute Gasteiger partial charge is 0.296 e. The zero-order valence-electron chi connectivity index (χ0n) is 9.19. The van der Waals surface area contributed by atoms with Crippen molar-refractivity contribution in [2.45, 2.75) is 40.2 Å². The molecule has 0 radical (unpaired) electrons. The summed E-state index contributed by atoms with van der Waals surface area (Å²) >= 11 is 0. The molecule has 1 heterocycles. The fourth-order valence-corrected chi connectivity index (χ4v) is 1.49. The Morgan fingerprint density at radius 3 is 2.43 bits per heavy atom. The van der Waals surface area contributed by atoms with Crippen LogP contribution in [0, 0.1) is 5.92 Å². The minimum Gasteiger partial charge on any atom is -0.296 e. The van der Waals surface area contributed by atoms with Gasteiger partial charge in [0.25, 0.3) is 0 Å². The second kappa shape index (κ2) is 4.35. The van der Waals surface area contributed by atoms with E-state index in [0.29, 0.717) is 11.6 Å². The van der Waals surface area contributed by atoms with Crippen molar-refractivity contribution in [2.24, 2.45) is 5.92 Å². The first kappa shape index (κ1) is 10.9. The van der Waals surface area contributed by atoms with Crippen molar-refractivity contribution in [1.82, 2.24) is 15.0 Å². The second-order valence-electron chi connectivity index (χ2n) is 4.21. The third-order valence-corrected chi connectivity index (χ3v) is 2.00. The summed E-state index contributed by atoms with van der Waals surface area (Å²) in [6, 6.07) is 0. The predicted octanol–water partition coefficient (Wildman–Crippen LogP) is 1.87. The average molecular weight is 195 g/mol. The highest BCUT2D eigenvalue weighted by molar-refractivity contribution is 5.73. The van der Waals surface area contributed by atoms with Crippen LogP contribution in [-0.2, 0) is 6.54 Å². The number of aldehydes is 1. The molecule has 0 aliphatic carbocycles. The van der Waals surface area contributed by atoms with Crippen molar-refractivity contribution in [3.05, 3.63) is 11.4 Å². The quantitative estimate of drug-likeness (QED) is 0.689.